The van der Waals surface area contributed by atoms with Crippen LogP contribution in [0.1, 0.15) is 25.7 Å². The standard InChI is InChI=1S/C10H16N2O3/c13-7-12(8-1-2-8)10(9(14)15)3-5-11-6-4-10/h7-8,11H,1-6H2,(H,14,15). The molecule has 0 unspecified atom stereocenters. The third-order valence-electron chi connectivity index (χ3n) is 3.38. The highest BCUT2D eigenvalue weighted by molar-refractivity contribution is 5.82. The summed E-state index contributed by atoms with van der Waals surface area (Å²) < 4.78 is 0. The Balaban J connectivity index is 2.22. The van der Waals surface area contributed by atoms with E-state index in [1.807, 2.05) is 0 Å². The number of carboxylic acids is 1. The van der Waals surface area contributed by atoms with Crippen molar-refractivity contribution in [3.63, 3.8) is 0 Å². The molecule has 0 spiro atoms. The van der Waals surface area contributed by atoms with Crippen molar-refractivity contribution in [3.05, 3.63) is 0 Å². The lowest BCUT2D eigenvalue weighted by Crippen LogP contribution is -2.59. The van der Waals surface area contributed by atoms with Crippen molar-refractivity contribution >= 4 is 12.4 Å². The second-order valence-corrected chi connectivity index (χ2v) is 4.33. The molecule has 0 aromatic rings. The Morgan fingerprint density at radius 2 is 2.00 bits per heavy atom. The first kappa shape index (κ1) is 10.4. The van der Waals surface area contributed by atoms with Crippen LogP contribution < -0.4 is 5.32 Å². The van der Waals surface area contributed by atoms with Crippen molar-refractivity contribution in [2.45, 2.75) is 37.3 Å². The number of carbonyl (C=O) groups is 2. The van der Waals surface area contributed by atoms with Crippen LogP contribution in [0.25, 0.3) is 0 Å². The minimum atomic E-state index is -0.950. The van der Waals surface area contributed by atoms with Gasteiger partial charge in [-0.25, -0.2) is 4.79 Å². The number of nitrogens with one attached hydrogen (secondary N) is 1. The second-order valence-electron chi connectivity index (χ2n) is 4.33. The van der Waals surface area contributed by atoms with Crippen molar-refractivity contribution < 1.29 is 14.7 Å². The normalized spacial score (nSPS) is 24.5. The molecule has 0 atom stereocenters. The fourth-order valence-electron chi connectivity index (χ4n) is 2.31. The third-order valence-corrected chi connectivity index (χ3v) is 3.38. The molecule has 2 aliphatic rings. The largest absolute Gasteiger partial charge is 0.479 e. The quantitative estimate of drug-likeness (QED) is 0.634. The van der Waals surface area contributed by atoms with Crippen molar-refractivity contribution in [2.24, 2.45) is 0 Å². The lowest BCUT2D eigenvalue weighted by atomic mass is 9.86. The molecule has 5 heteroatoms. The van der Waals surface area contributed by atoms with E-state index >= 15 is 0 Å². The first-order chi connectivity index (χ1) is 7.20. The molecular weight excluding hydrogens is 196 g/mol. The zero-order valence-corrected chi connectivity index (χ0v) is 8.61. The van der Waals surface area contributed by atoms with Gasteiger partial charge in [0.25, 0.3) is 0 Å². The van der Waals surface area contributed by atoms with E-state index in [0.29, 0.717) is 25.9 Å². The van der Waals surface area contributed by atoms with Crippen LogP contribution in [-0.2, 0) is 9.59 Å². The fourth-order valence-corrected chi connectivity index (χ4v) is 2.31. The molecule has 0 aromatic carbocycles. The topological polar surface area (TPSA) is 69.6 Å². The minimum absolute atomic E-state index is 0.164. The Labute approximate surface area is 88.4 Å². The summed E-state index contributed by atoms with van der Waals surface area (Å²) in [6.07, 6.45) is 3.63. The molecule has 0 bridgehead atoms. The van der Waals surface area contributed by atoms with Crippen molar-refractivity contribution in [3.8, 4) is 0 Å². The van der Waals surface area contributed by atoms with Gasteiger partial charge in [0.15, 0.2) is 0 Å². The van der Waals surface area contributed by atoms with Gasteiger partial charge in [-0.3, -0.25) is 4.79 Å². The Kier molecular flexibility index (Phi) is 2.65. The van der Waals surface area contributed by atoms with E-state index < -0.39 is 11.5 Å². The van der Waals surface area contributed by atoms with Crippen LogP contribution in [0.5, 0.6) is 0 Å². The maximum atomic E-state index is 11.4. The van der Waals surface area contributed by atoms with Crippen molar-refractivity contribution in [1.29, 1.82) is 0 Å². The molecule has 5 nitrogen and oxygen atoms in total. The molecular formula is C10H16N2O3. The summed E-state index contributed by atoms with van der Waals surface area (Å²) in [7, 11) is 0. The van der Waals surface area contributed by atoms with Crippen LogP contribution >= 0.6 is 0 Å². The number of nitrogens with zero attached hydrogens (tertiary/aromatic N) is 1. The van der Waals surface area contributed by atoms with Gasteiger partial charge in [-0.05, 0) is 38.8 Å². The average molecular weight is 212 g/mol. The van der Waals surface area contributed by atoms with Gasteiger partial charge in [0.1, 0.15) is 5.54 Å². The summed E-state index contributed by atoms with van der Waals surface area (Å²) in [5, 5.41) is 12.5. The van der Waals surface area contributed by atoms with E-state index in [1.54, 1.807) is 0 Å². The third kappa shape index (κ3) is 1.71. The van der Waals surface area contributed by atoms with E-state index in [9.17, 15) is 14.7 Å². The number of rotatable bonds is 4. The monoisotopic (exact) mass is 212 g/mol. The van der Waals surface area contributed by atoms with E-state index in [2.05, 4.69) is 5.32 Å². The van der Waals surface area contributed by atoms with Crippen LogP contribution in [-0.4, -0.2) is 47.1 Å². The first-order valence-corrected chi connectivity index (χ1v) is 5.38. The van der Waals surface area contributed by atoms with Gasteiger partial charge in [-0.2, -0.15) is 0 Å². The number of hydrogen-bond acceptors (Lipinski definition) is 3. The van der Waals surface area contributed by atoms with E-state index in [1.165, 1.54) is 4.90 Å². The summed E-state index contributed by atoms with van der Waals surface area (Å²) in [6.45, 7) is 1.34. The molecule has 2 N–H and O–H groups in total. The fraction of sp³-hybridized carbons (Fsp3) is 0.800. The van der Waals surface area contributed by atoms with Gasteiger partial charge in [0, 0.05) is 6.04 Å². The Bertz CT molecular complexity index is 270. The number of carbonyl (C=O) groups excluding carboxylic acids is 1. The molecule has 2 rings (SSSR count). The molecule has 2 fully saturated rings. The molecule has 0 radical (unpaired) electrons. The maximum Gasteiger partial charge on any atom is 0.329 e. The summed E-state index contributed by atoms with van der Waals surface area (Å²) >= 11 is 0. The molecule has 0 aromatic heterocycles. The lowest BCUT2D eigenvalue weighted by Gasteiger charge is -2.41. The van der Waals surface area contributed by atoms with Gasteiger partial charge in [-0.15, -0.1) is 0 Å². The summed E-state index contributed by atoms with van der Waals surface area (Å²) in [5.74, 6) is -0.858. The molecule has 1 heterocycles. The molecule has 84 valence electrons. The highest BCUT2D eigenvalue weighted by Gasteiger charge is 2.49. The summed E-state index contributed by atoms with van der Waals surface area (Å²) in [6, 6.07) is 0.164. The van der Waals surface area contributed by atoms with Crippen molar-refractivity contribution in [1.82, 2.24) is 10.2 Å². The molecule has 1 saturated heterocycles. The first-order valence-electron chi connectivity index (χ1n) is 5.38. The molecule has 1 amide bonds. The molecule has 15 heavy (non-hydrogen) atoms. The maximum absolute atomic E-state index is 11.4. The minimum Gasteiger partial charge on any atom is -0.479 e. The Hall–Kier alpha value is -1.10. The highest BCUT2D eigenvalue weighted by Crippen LogP contribution is 2.36. The smallest absolute Gasteiger partial charge is 0.329 e. The predicted molar refractivity (Wildman–Crippen MR) is 53.4 cm³/mol. The van der Waals surface area contributed by atoms with Crippen LogP contribution in [0.2, 0.25) is 0 Å². The Morgan fingerprint density at radius 3 is 2.40 bits per heavy atom. The van der Waals surface area contributed by atoms with E-state index in [0.717, 1.165) is 19.3 Å². The molecule has 1 aliphatic carbocycles. The van der Waals surface area contributed by atoms with Gasteiger partial charge in [-0.1, -0.05) is 0 Å². The van der Waals surface area contributed by atoms with Crippen LogP contribution in [0, 0.1) is 0 Å². The van der Waals surface area contributed by atoms with E-state index in [-0.39, 0.29) is 6.04 Å². The number of piperidine rings is 1. The molecule has 1 saturated carbocycles. The summed E-state index contributed by atoms with van der Waals surface area (Å²) in [5.41, 5.74) is -0.950. The van der Waals surface area contributed by atoms with Gasteiger partial charge < -0.3 is 15.3 Å². The zero-order valence-electron chi connectivity index (χ0n) is 8.61. The van der Waals surface area contributed by atoms with Crippen molar-refractivity contribution in [2.75, 3.05) is 13.1 Å². The highest BCUT2D eigenvalue weighted by atomic mass is 16.4. The summed E-state index contributed by atoms with van der Waals surface area (Å²) in [4.78, 5) is 24.0. The number of carboxylic acid groups (broad SMARTS) is 1. The zero-order chi connectivity index (χ0) is 10.9. The van der Waals surface area contributed by atoms with Crippen LogP contribution in [0.4, 0.5) is 0 Å². The number of hydrogen-bond donors (Lipinski definition) is 2. The molecule has 1 aliphatic heterocycles. The average Bonchev–Trinajstić information content (AvgIpc) is 3.04. The van der Waals surface area contributed by atoms with Gasteiger partial charge in [0.05, 0.1) is 0 Å². The van der Waals surface area contributed by atoms with Gasteiger partial charge in [0.2, 0.25) is 6.41 Å². The van der Waals surface area contributed by atoms with Crippen LogP contribution in [0.15, 0.2) is 0 Å². The van der Waals surface area contributed by atoms with E-state index in [4.69, 9.17) is 0 Å². The number of aliphatic carboxylic acids is 1. The second kappa shape index (κ2) is 3.81. The number of amides is 1. The lowest BCUT2D eigenvalue weighted by molar-refractivity contribution is -0.158. The Morgan fingerprint density at radius 1 is 1.40 bits per heavy atom. The SMILES string of the molecule is O=CN(C1CC1)C1(C(=O)O)CCNCC1. The van der Waals surface area contributed by atoms with Gasteiger partial charge >= 0.3 is 5.97 Å². The predicted octanol–water partition coefficient (Wildman–Crippen LogP) is -0.186. The van der Waals surface area contributed by atoms with Crippen LogP contribution in [0.3, 0.4) is 0 Å².